The first kappa shape index (κ1) is 57.9. The second-order valence-corrected chi connectivity index (χ2v) is 19.2. The zero-order valence-electron chi connectivity index (χ0n) is 41.2. The summed E-state index contributed by atoms with van der Waals surface area (Å²) in [4.78, 5) is 24.8. The van der Waals surface area contributed by atoms with Crippen LogP contribution in [0.5, 0.6) is 0 Å². The molecule has 0 aliphatic rings. The lowest BCUT2D eigenvalue weighted by Gasteiger charge is -2.17. The average Bonchev–Trinajstić information content (AvgIpc) is 3.24. The minimum Gasteiger partial charge on any atom is -0.466 e. The zero-order chi connectivity index (χ0) is 43.1. The van der Waals surface area contributed by atoms with Gasteiger partial charge in [-0.3, -0.25) is 9.59 Å². The Morgan fingerprint density at radius 2 is 0.525 bits per heavy atom. The van der Waals surface area contributed by atoms with Crippen molar-refractivity contribution in [2.75, 3.05) is 13.2 Å². The van der Waals surface area contributed by atoms with Gasteiger partial charge in [-0.2, -0.15) is 0 Å². The van der Waals surface area contributed by atoms with Crippen molar-refractivity contribution in [1.29, 1.82) is 0 Å². The summed E-state index contributed by atoms with van der Waals surface area (Å²) in [6.45, 7) is 12.7. The largest absolute Gasteiger partial charge is 0.466 e. The normalized spacial score (nSPS) is 12.2. The Morgan fingerprint density at radius 1 is 0.288 bits per heavy atom. The van der Waals surface area contributed by atoms with Gasteiger partial charge in [0.25, 0.3) is 0 Å². The molecule has 0 fully saturated rings. The topological polar surface area (TPSA) is 52.6 Å². The summed E-state index contributed by atoms with van der Waals surface area (Å²) in [5.41, 5.74) is 0. The van der Waals surface area contributed by atoms with Crippen LogP contribution in [0.3, 0.4) is 0 Å². The van der Waals surface area contributed by atoms with E-state index in [2.05, 4.69) is 34.6 Å². The van der Waals surface area contributed by atoms with Crippen molar-refractivity contribution < 1.29 is 19.1 Å². The number of esters is 2. The predicted octanol–water partition coefficient (Wildman–Crippen LogP) is 18.8. The van der Waals surface area contributed by atoms with Gasteiger partial charge < -0.3 is 9.47 Å². The molecule has 4 heteroatoms. The molecular formula is C55H108O4. The van der Waals surface area contributed by atoms with Crippen LogP contribution < -0.4 is 0 Å². The Hall–Kier alpha value is -1.06. The molecule has 0 saturated carbocycles. The third kappa shape index (κ3) is 43.4. The third-order valence-electron chi connectivity index (χ3n) is 13.5. The Labute approximate surface area is 371 Å². The number of carbonyl (C=O) groups excluding carboxylic acids is 2. The minimum atomic E-state index is 0.0160. The van der Waals surface area contributed by atoms with Crippen LogP contribution in [0.15, 0.2) is 0 Å². The summed E-state index contributed by atoms with van der Waals surface area (Å²) in [6, 6.07) is 0. The number of ether oxygens (including phenoxy) is 2. The lowest BCUT2D eigenvalue weighted by Crippen LogP contribution is -2.08. The van der Waals surface area contributed by atoms with Crippen LogP contribution in [0.4, 0.5) is 0 Å². The fraction of sp³-hybridized carbons (Fsp3) is 0.964. The molecule has 0 N–H and O–H groups in total. The SMILES string of the molecule is CCCCCCCCC(CCCCCCCC)CCCOC(=O)CCCCCCCC(CC)CCCCCC(=O)OCCCC(CCCCCCC)CCCCCCC. The van der Waals surface area contributed by atoms with E-state index in [0.29, 0.717) is 26.1 Å². The first-order valence-electron chi connectivity index (χ1n) is 27.3. The van der Waals surface area contributed by atoms with Crippen LogP contribution in [-0.2, 0) is 19.1 Å². The molecule has 0 bridgehead atoms. The maximum absolute atomic E-state index is 12.4. The van der Waals surface area contributed by atoms with Gasteiger partial charge in [-0.05, 0) is 56.3 Å². The van der Waals surface area contributed by atoms with Gasteiger partial charge in [-0.25, -0.2) is 0 Å². The molecule has 0 amide bonds. The summed E-state index contributed by atoms with van der Waals surface area (Å²) in [5.74, 6) is 2.47. The van der Waals surface area contributed by atoms with E-state index >= 15 is 0 Å². The van der Waals surface area contributed by atoms with Crippen molar-refractivity contribution in [1.82, 2.24) is 0 Å². The van der Waals surface area contributed by atoms with Crippen molar-refractivity contribution in [2.45, 2.75) is 311 Å². The highest BCUT2D eigenvalue weighted by molar-refractivity contribution is 5.69. The molecule has 0 aromatic rings. The number of hydrogen-bond acceptors (Lipinski definition) is 4. The van der Waals surface area contributed by atoms with Crippen LogP contribution in [-0.4, -0.2) is 25.2 Å². The first-order valence-corrected chi connectivity index (χ1v) is 27.3. The number of rotatable bonds is 49. The highest BCUT2D eigenvalue weighted by atomic mass is 16.5. The van der Waals surface area contributed by atoms with Crippen molar-refractivity contribution in [2.24, 2.45) is 17.8 Å². The van der Waals surface area contributed by atoms with Gasteiger partial charge in [-0.1, -0.05) is 259 Å². The molecule has 0 aromatic carbocycles. The molecule has 1 atom stereocenters. The van der Waals surface area contributed by atoms with Crippen molar-refractivity contribution in [3.8, 4) is 0 Å². The molecule has 59 heavy (non-hydrogen) atoms. The average molecular weight is 833 g/mol. The molecule has 1 unspecified atom stereocenters. The van der Waals surface area contributed by atoms with E-state index in [9.17, 15) is 9.59 Å². The van der Waals surface area contributed by atoms with Gasteiger partial charge in [-0.15, -0.1) is 0 Å². The molecule has 4 nitrogen and oxygen atoms in total. The Kier molecular flexibility index (Phi) is 47.1. The lowest BCUT2D eigenvalue weighted by molar-refractivity contribution is -0.144. The number of hydrogen-bond donors (Lipinski definition) is 0. The maximum atomic E-state index is 12.4. The zero-order valence-corrected chi connectivity index (χ0v) is 41.2. The summed E-state index contributed by atoms with van der Waals surface area (Å²) in [6.07, 6.45) is 54.4. The van der Waals surface area contributed by atoms with Gasteiger partial charge in [0.05, 0.1) is 13.2 Å². The molecule has 0 aliphatic carbocycles. The van der Waals surface area contributed by atoms with E-state index in [1.807, 2.05) is 0 Å². The van der Waals surface area contributed by atoms with Gasteiger partial charge in [0.2, 0.25) is 0 Å². The molecule has 0 aromatic heterocycles. The van der Waals surface area contributed by atoms with Gasteiger partial charge in [0.1, 0.15) is 0 Å². The van der Waals surface area contributed by atoms with Crippen molar-refractivity contribution >= 4 is 11.9 Å². The van der Waals surface area contributed by atoms with E-state index in [1.165, 1.54) is 225 Å². The molecule has 0 aliphatic heterocycles. The van der Waals surface area contributed by atoms with Crippen molar-refractivity contribution in [3.63, 3.8) is 0 Å². The Morgan fingerprint density at radius 3 is 0.831 bits per heavy atom. The van der Waals surface area contributed by atoms with Crippen LogP contribution in [0.1, 0.15) is 311 Å². The molecule has 0 heterocycles. The smallest absolute Gasteiger partial charge is 0.305 e. The Balaban J connectivity index is 3.98. The predicted molar refractivity (Wildman–Crippen MR) is 259 cm³/mol. The van der Waals surface area contributed by atoms with Crippen LogP contribution in [0.2, 0.25) is 0 Å². The number of unbranched alkanes of at least 4 members (excludes halogenated alkanes) is 24. The monoisotopic (exact) mass is 833 g/mol. The molecule has 0 rings (SSSR count). The minimum absolute atomic E-state index is 0.0160. The number of carbonyl (C=O) groups is 2. The second kappa shape index (κ2) is 48.0. The summed E-state index contributed by atoms with van der Waals surface area (Å²) < 4.78 is 11.3. The van der Waals surface area contributed by atoms with Gasteiger partial charge in [0, 0.05) is 12.8 Å². The standard InChI is InChI=1S/C55H108O4/c1-6-11-15-19-24-32-43-53(44-33-25-20-16-12-7-2)46-38-49-58-54(56)47-35-27-21-26-29-39-51(10-5)40-34-28-36-48-55(57)59-50-37-45-52(41-30-22-17-13-8-3)42-31-23-18-14-9-4/h51-53H,6-50H2,1-5H3. The van der Waals surface area contributed by atoms with Crippen LogP contribution >= 0.6 is 0 Å². The van der Waals surface area contributed by atoms with Gasteiger partial charge in [0.15, 0.2) is 0 Å². The van der Waals surface area contributed by atoms with Crippen molar-refractivity contribution in [3.05, 3.63) is 0 Å². The maximum Gasteiger partial charge on any atom is 0.305 e. The quantitative estimate of drug-likeness (QED) is 0.0453. The third-order valence-corrected chi connectivity index (χ3v) is 13.5. The highest BCUT2D eigenvalue weighted by Crippen LogP contribution is 2.26. The molecular weight excluding hydrogens is 725 g/mol. The van der Waals surface area contributed by atoms with E-state index in [-0.39, 0.29) is 11.9 Å². The summed E-state index contributed by atoms with van der Waals surface area (Å²) in [7, 11) is 0. The molecule has 352 valence electrons. The lowest BCUT2D eigenvalue weighted by atomic mass is 9.90. The van der Waals surface area contributed by atoms with E-state index < -0.39 is 0 Å². The van der Waals surface area contributed by atoms with E-state index in [0.717, 1.165) is 56.3 Å². The van der Waals surface area contributed by atoms with E-state index in [4.69, 9.17) is 9.47 Å². The first-order chi connectivity index (χ1) is 29.0. The highest BCUT2D eigenvalue weighted by Gasteiger charge is 2.13. The fourth-order valence-corrected chi connectivity index (χ4v) is 9.29. The molecule has 0 radical (unpaired) electrons. The van der Waals surface area contributed by atoms with Crippen LogP contribution in [0.25, 0.3) is 0 Å². The molecule has 0 saturated heterocycles. The van der Waals surface area contributed by atoms with Crippen LogP contribution in [0, 0.1) is 17.8 Å². The summed E-state index contributed by atoms with van der Waals surface area (Å²) in [5, 5.41) is 0. The van der Waals surface area contributed by atoms with Gasteiger partial charge >= 0.3 is 11.9 Å². The summed E-state index contributed by atoms with van der Waals surface area (Å²) >= 11 is 0. The fourth-order valence-electron chi connectivity index (χ4n) is 9.29. The Bertz CT molecular complexity index is 811. The second-order valence-electron chi connectivity index (χ2n) is 19.2. The van der Waals surface area contributed by atoms with E-state index in [1.54, 1.807) is 0 Å². The molecule has 0 spiro atoms.